The van der Waals surface area contributed by atoms with Gasteiger partial charge in [0, 0.05) is 51.0 Å². The fraction of sp³-hybridized carbons (Fsp3) is 0.438. The molecule has 20 heavy (non-hydrogen) atoms. The Bertz CT molecular complexity index is 555. The second-order valence-corrected chi connectivity index (χ2v) is 5.40. The maximum atomic E-state index is 10.1. The highest BCUT2D eigenvalue weighted by Crippen LogP contribution is 2.14. The summed E-state index contributed by atoms with van der Waals surface area (Å²) in [5, 5.41) is 15.8. The molecule has 2 aromatic rings. The third kappa shape index (κ3) is 4.27. The number of nitrogens with one attached hydrogen (secondary N) is 1. The molecule has 2 N–H and O–H groups in total. The van der Waals surface area contributed by atoms with Gasteiger partial charge in [-0.1, -0.05) is 12.1 Å². The summed E-state index contributed by atoms with van der Waals surface area (Å²) in [6, 6.07) is 8.31. The molecule has 1 heterocycles. The van der Waals surface area contributed by atoms with Crippen LogP contribution in [0.3, 0.4) is 0 Å². The van der Waals surface area contributed by atoms with Crippen molar-refractivity contribution in [1.82, 2.24) is 10.3 Å². The second-order valence-electron chi connectivity index (χ2n) is 5.40. The number of methoxy groups -OCH3 is 1. The third-order valence-corrected chi connectivity index (χ3v) is 3.38. The van der Waals surface area contributed by atoms with Gasteiger partial charge >= 0.3 is 0 Å². The van der Waals surface area contributed by atoms with Gasteiger partial charge in [0.2, 0.25) is 0 Å². The van der Waals surface area contributed by atoms with Crippen LogP contribution in [0.15, 0.2) is 36.7 Å². The van der Waals surface area contributed by atoms with Crippen molar-refractivity contribution in [3.63, 3.8) is 0 Å². The fourth-order valence-corrected chi connectivity index (χ4v) is 2.13. The van der Waals surface area contributed by atoms with Crippen molar-refractivity contribution in [2.45, 2.75) is 25.5 Å². The Balaban J connectivity index is 1.89. The second kappa shape index (κ2) is 6.79. The zero-order chi connectivity index (χ0) is 14.4. The van der Waals surface area contributed by atoms with Gasteiger partial charge in [-0.05, 0) is 30.0 Å². The van der Waals surface area contributed by atoms with Crippen LogP contribution in [0.1, 0.15) is 18.9 Å². The van der Waals surface area contributed by atoms with Gasteiger partial charge < -0.3 is 15.2 Å². The largest absolute Gasteiger partial charge is 0.389 e. The summed E-state index contributed by atoms with van der Waals surface area (Å²) >= 11 is 0. The van der Waals surface area contributed by atoms with E-state index in [2.05, 4.69) is 28.5 Å². The molecule has 4 heteroatoms. The Morgan fingerprint density at radius 1 is 1.30 bits per heavy atom. The number of benzene rings is 1. The summed E-state index contributed by atoms with van der Waals surface area (Å²) in [5.74, 6) is 0. The van der Waals surface area contributed by atoms with Crippen LogP contribution < -0.4 is 5.32 Å². The quantitative estimate of drug-likeness (QED) is 0.812. The molecular formula is C16H22N2O2. The highest BCUT2D eigenvalue weighted by molar-refractivity contribution is 5.81. The number of hydrogen-bond donors (Lipinski definition) is 2. The molecule has 1 aromatic carbocycles. The molecule has 0 radical (unpaired) electrons. The number of fused-ring (bicyclic) bond motifs is 1. The van der Waals surface area contributed by atoms with Crippen molar-refractivity contribution in [3.05, 3.63) is 42.2 Å². The maximum Gasteiger partial charge on any atom is 0.0765 e. The molecule has 0 saturated carbocycles. The lowest BCUT2D eigenvalue weighted by Gasteiger charge is -2.23. The average molecular weight is 274 g/mol. The van der Waals surface area contributed by atoms with Crippen LogP contribution in [0.5, 0.6) is 0 Å². The minimum atomic E-state index is -0.739. The van der Waals surface area contributed by atoms with Gasteiger partial charge in [-0.3, -0.25) is 4.98 Å². The van der Waals surface area contributed by atoms with Crippen molar-refractivity contribution in [2.75, 3.05) is 20.3 Å². The van der Waals surface area contributed by atoms with E-state index in [1.807, 2.05) is 19.2 Å². The molecule has 1 atom stereocenters. The van der Waals surface area contributed by atoms with E-state index in [0.29, 0.717) is 19.6 Å². The number of pyridine rings is 1. The Morgan fingerprint density at radius 2 is 2.15 bits per heavy atom. The van der Waals surface area contributed by atoms with E-state index in [1.165, 1.54) is 10.9 Å². The Hall–Kier alpha value is -1.49. The lowest BCUT2D eigenvalue weighted by atomic mass is 10.0. The van der Waals surface area contributed by atoms with Crippen molar-refractivity contribution >= 4 is 10.8 Å². The van der Waals surface area contributed by atoms with E-state index < -0.39 is 5.60 Å². The standard InChI is InChI=1S/C16H22N2O2/c1-16(19,6-8-20-2)12-18-10-13-3-4-15-11-17-7-5-14(15)9-13/h3-5,7,9,11,18-19H,6,8,10,12H2,1-2H3. The van der Waals surface area contributed by atoms with Crippen molar-refractivity contribution in [1.29, 1.82) is 0 Å². The Kier molecular flexibility index (Phi) is 5.06. The first-order chi connectivity index (χ1) is 9.61. The van der Waals surface area contributed by atoms with E-state index in [0.717, 1.165) is 11.9 Å². The normalized spacial score (nSPS) is 14.3. The molecule has 0 saturated heterocycles. The smallest absolute Gasteiger partial charge is 0.0765 e. The summed E-state index contributed by atoms with van der Waals surface area (Å²) in [6.45, 7) is 3.68. The summed E-state index contributed by atoms with van der Waals surface area (Å²) < 4.78 is 5.00. The fourth-order valence-electron chi connectivity index (χ4n) is 2.13. The van der Waals surface area contributed by atoms with Crippen LogP contribution in [0.2, 0.25) is 0 Å². The molecule has 0 spiro atoms. The monoisotopic (exact) mass is 274 g/mol. The molecule has 108 valence electrons. The van der Waals surface area contributed by atoms with Crippen LogP contribution in [0.25, 0.3) is 10.8 Å². The molecular weight excluding hydrogens is 252 g/mol. The number of rotatable bonds is 7. The number of nitrogens with zero attached hydrogens (tertiary/aromatic N) is 1. The van der Waals surface area contributed by atoms with Gasteiger partial charge in [0.05, 0.1) is 5.60 Å². The van der Waals surface area contributed by atoms with Crippen LogP contribution in [0, 0.1) is 0 Å². The molecule has 1 aromatic heterocycles. The average Bonchev–Trinajstić information content (AvgIpc) is 2.45. The first-order valence-electron chi connectivity index (χ1n) is 6.85. The number of aromatic nitrogens is 1. The molecule has 4 nitrogen and oxygen atoms in total. The van der Waals surface area contributed by atoms with E-state index >= 15 is 0 Å². The Labute approximate surface area is 119 Å². The minimum absolute atomic E-state index is 0.546. The summed E-state index contributed by atoms with van der Waals surface area (Å²) in [6.07, 6.45) is 4.29. The number of hydrogen-bond acceptors (Lipinski definition) is 4. The molecule has 0 aliphatic rings. The first kappa shape index (κ1) is 14.9. The highest BCUT2D eigenvalue weighted by Gasteiger charge is 2.19. The lowest BCUT2D eigenvalue weighted by molar-refractivity contribution is 0.0247. The van der Waals surface area contributed by atoms with Gasteiger partial charge in [0.1, 0.15) is 0 Å². The van der Waals surface area contributed by atoms with Crippen LogP contribution in [-0.2, 0) is 11.3 Å². The van der Waals surface area contributed by atoms with E-state index in [-0.39, 0.29) is 0 Å². The van der Waals surface area contributed by atoms with Crippen LogP contribution >= 0.6 is 0 Å². The number of aliphatic hydroxyl groups is 1. The van der Waals surface area contributed by atoms with Crippen LogP contribution in [-0.4, -0.2) is 36.0 Å². The van der Waals surface area contributed by atoms with Gasteiger partial charge in [-0.15, -0.1) is 0 Å². The molecule has 0 bridgehead atoms. The summed E-state index contributed by atoms with van der Waals surface area (Å²) in [7, 11) is 1.65. The molecule has 0 fully saturated rings. The Morgan fingerprint density at radius 3 is 2.95 bits per heavy atom. The molecule has 1 unspecified atom stereocenters. The SMILES string of the molecule is COCCC(C)(O)CNCc1ccc2cnccc2c1. The molecule has 2 rings (SSSR count). The topological polar surface area (TPSA) is 54.4 Å². The highest BCUT2D eigenvalue weighted by atomic mass is 16.5. The van der Waals surface area contributed by atoms with E-state index in [1.54, 1.807) is 13.3 Å². The maximum absolute atomic E-state index is 10.1. The zero-order valence-electron chi connectivity index (χ0n) is 12.1. The predicted molar refractivity (Wildman–Crippen MR) is 80.6 cm³/mol. The zero-order valence-corrected chi connectivity index (χ0v) is 12.1. The van der Waals surface area contributed by atoms with Crippen molar-refractivity contribution < 1.29 is 9.84 Å². The number of ether oxygens (including phenoxy) is 1. The minimum Gasteiger partial charge on any atom is -0.389 e. The summed E-state index contributed by atoms with van der Waals surface area (Å²) in [4.78, 5) is 4.11. The van der Waals surface area contributed by atoms with E-state index in [9.17, 15) is 5.11 Å². The van der Waals surface area contributed by atoms with Crippen molar-refractivity contribution in [3.8, 4) is 0 Å². The van der Waals surface area contributed by atoms with Crippen LogP contribution in [0.4, 0.5) is 0 Å². The first-order valence-corrected chi connectivity index (χ1v) is 6.85. The molecule has 0 aliphatic carbocycles. The van der Waals surface area contributed by atoms with Gasteiger partial charge in [0.25, 0.3) is 0 Å². The van der Waals surface area contributed by atoms with Gasteiger partial charge in [-0.2, -0.15) is 0 Å². The lowest BCUT2D eigenvalue weighted by Crippen LogP contribution is -2.38. The van der Waals surface area contributed by atoms with Gasteiger partial charge in [0.15, 0.2) is 0 Å². The van der Waals surface area contributed by atoms with E-state index in [4.69, 9.17) is 4.74 Å². The molecule has 0 aliphatic heterocycles. The third-order valence-electron chi connectivity index (χ3n) is 3.38. The summed E-state index contributed by atoms with van der Waals surface area (Å²) in [5.41, 5.74) is 0.461. The van der Waals surface area contributed by atoms with Crippen molar-refractivity contribution in [2.24, 2.45) is 0 Å². The predicted octanol–water partition coefficient (Wildman–Crippen LogP) is 2.11. The molecule has 0 amide bonds. The van der Waals surface area contributed by atoms with Gasteiger partial charge in [-0.25, -0.2) is 0 Å².